The summed E-state index contributed by atoms with van der Waals surface area (Å²) < 4.78 is 7.16. The van der Waals surface area contributed by atoms with Gasteiger partial charge in [-0.3, -0.25) is 10.00 Å². The number of hydrogen-bond donors (Lipinski definition) is 1. The number of ether oxygens (including phenoxy) is 1. The molecule has 2 aromatic heterocycles. The van der Waals surface area contributed by atoms with Gasteiger partial charge in [-0.05, 0) is 25.2 Å². The number of benzene rings is 1. The standard InChI is InChI=1S/C20H27N5O/c1-20(2,3)19-9-16(22-23-19)14-24(4)12-15-11-21-25(13-15)17-7-6-8-18(10-17)26-5/h6-11,13H,12,14H2,1-5H3,(H,22,23). The molecule has 6 nitrogen and oxygen atoms in total. The number of nitrogens with one attached hydrogen (secondary N) is 1. The van der Waals surface area contributed by atoms with E-state index in [4.69, 9.17) is 4.74 Å². The van der Waals surface area contributed by atoms with Crippen molar-refractivity contribution in [2.45, 2.75) is 39.3 Å². The third-order valence-electron chi connectivity index (χ3n) is 4.25. The van der Waals surface area contributed by atoms with Gasteiger partial charge in [0, 0.05) is 42.0 Å². The zero-order valence-electron chi connectivity index (χ0n) is 16.2. The summed E-state index contributed by atoms with van der Waals surface area (Å²) in [6, 6.07) is 10.0. The molecule has 26 heavy (non-hydrogen) atoms. The Balaban J connectivity index is 1.64. The summed E-state index contributed by atoms with van der Waals surface area (Å²) in [6.07, 6.45) is 3.96. The van der Waals surface area contributed by atoms with E-state index in [-0.39, 0.29) is 5.41 Å². The molecule has 0 saturated heterocycles. The largest absolute Gasteiger partial charge is 0.497 e. The number of H-pyrrole nitrogens is 1. The summed E-state index contributed by atoms with van der Waals surface area (Å²) in [5.74, 6) is 0.825. The lowest BCUT2D eigenvalue weighted by molar-refractivity contribution is 0.315. The van der Waals surface area contributed by atoms with Crippen molar-refractivity contribution < 1.29 is 4.74 Å². The number of aromatic amines is 1. The van der Waals surface area contributed by atoms with E-state index < -0.39 is 0 Å². The second-order valence-electron chi connectivity index (χ2n) is 7.70. The van der Waals surface area contributed by atoms with E-state index in [1.165, 1.54) is 0 Å². The maximum absolute atomic E-state index is 5.28. The number of aromatic nitrogens is 4. The molecule has 0 amide bonds. The Labute approximate surface area is 154 Å². The molecule has 0 saturated carbocycles. The van der Waals surface area contributed by atoms with Crippen LogP contribution in [0.4, 0.5) is 0 Å². The minimum absolute atomic E-state index is 0.0607. The predicted octanol–water partition coefficient (Wildman–Crippen LogP) is 3.53. The van der Waals surface area contributed by atoms with Gasteiger partial charge in [-0.2, -0.15) is 10.2 Å². The van der Waals surface area contributed by atoms with Gasteiger partial charge in [0.05, 0.1) is 24.7 Å². The molecular weight excluding hydrogens is 326 g/mol. The van der Waals surface area contributed by atoms with Crippen molar-refractivity contribution in [3.63, 3.8) is 0 Å². The summed E-state index contributed by atoms with van der Waals surface area (Å²) in [7, 11) is 3.77. The highest BCUT2D eigenvalue weighted by molar-refractivity contribution is 5.38. The zero-order valence-corrected chi connectivity index (χ0v) is 16.2. The van der Waals surface area contributed by atoms with E-state index in [0.717, 1.165) is 41.5 Å². The average molecular weight is 353 g/mol. The minimum Gasteiger partial charge on any atom is -0.497 e. The maximum atomic E-state index is 5.28. The first-order valence-electron chi connectivity index (χ1n) is 8.76. The van der Waals surface area contributed by atoms with Gasteiger partial charge in [0.15, 0.2) is 0 Å². The average Bonchev–Trinajstić information content (AvgIpc) is 3.24. The van der Waals surface area contributed by atoms with Gasteiger partial charge < -0.3 is 4.74 Å². The lowest BCUT2D eigenvalue weighted by atomic mass is 9.92. The summed E-state index contributed by atoms with van der Waals surface area (Å²) in [6.45, 7) is 8.14. The molecule has 0 aliphatic rings. The molecule has 0 spiro atoms. The van der Waals surface area contributed by atoms with Crippen molar-refractivity contribution in [1.29, 1.82) is 0 Å². The highest BCUT2D eigenvalue weighted by Gasteiger charge is 2.17. The van der Waals surface area contributed by atoms with Crippen LogP contribution in [0.15, 0.2) is 42.7 Å². The van der Waals surface area contributed by atoms with E-state index in [1.807, 2.05) is 35.1 Å². The van der Waals surface area contributed by atoms with Crippen molar-refractivity contribution in [3.05, 3.63) is 59.7 Å². The van der Waals surface area contributed by atoms with Gasteiger partial charge >= 0.3 is 0 Å². The van der Waals surface area contributed by atoms with Crippen LogP contribution in [0, 0.1) is 0 Å². The second-order valence-corrected chi connectivity index (χ2v) is 7.70. The Morgan fingerprint density at radius 1 is 1.19 bits per heavy atom. The summed E-state index contributed by atoms with van der Waals surface area (Å²) in [5.41, 5.74) is 4.42. The molecule has 0 aliphatic heterocycles. The molecular formula is C20H27N5O. The molecule has 0 aliphatic carbocycles. The topological polar surface area (TPSA) is 59.0 Å². The van der Waals surface area contributed by atoms with E-state index in [9.17, 15) is 0 Å². The molecule has 2 heterocycles. The fraction of sp³-hybridized carbons (Fsp3) is 0.400. The normalized spacial score (nSPS) is 11.9. The third-order valence-corrected chi connectivity index (χ3v) is 4.25. The highest BCUT2D eigenvalue weighted by atomic mass is 16.5. The van der Waals surface area contributed by atoms with Crippen LogP contribution >= 0.6 is 0 Å². The second kappa shape index (κ2) is 7.33. The summed E-state index contributed by atoms with van der Waals surface area (Å²) in [5, 5.41) is 12.0. The lowest BCUT2D eigenvalue weighted by Gasteiger charge is -2.15. The van der Waals surface area contributed by atoms with Crippen molar-refractivity contribution in [3.8, 4) is 11.4 Å². The van der Waals surface area contributed by atoms with Crippen LogP contribution < -0.4 is 4.74 Å². The molecule has 0 unspecified atom stereocenters. The lowest BCUT2D eigenvalue weighted by Crippen LogP contribution is -2.17. The molecule has 3 aromatic rings. The quantitative estimate of drug-likeness (QED) is 0.736. The molecule has 0 fully saturated rings. The molecule has 0 atom stereocenters. The maximum Gasteiger partial charge on any atom is 0.121 e. The smallest absolute Gasteiger partial charge is 0.121 e. The highest BCUT2D eigenvalue weighted by Crippen LogP contribution is 2.21. The van der Waals surface area contributed by atoms with Crippen LogP contribution in [-0.4, -0.2) is 39.0 Å². The van der Waals surface area contributed by atoms with Gasteiger partial charge in [-0.15, -0.1) is 0 Å². The van der Waals surface area contributed by atoms with Crippen molar-refractivity contribution in [2.75, 3.05) is 14.2 Å². The van der Waals surface area contributed by atoms with Gasteiger partial charge in [0.2, 0.25) is 0 Å². The molecule has 0 bridgehead atoms. The van der Waals surface area contributed by atoms with Gasteiger partial charge in [0.1, 0.15) is 5.75 Å². The van der Waals surface area contributed by atoms with Crippen LogP contribution in [0.2, 0.25) is 0 Å². The molecule has 1 aromatic carbocycles. The van der Waals surface area contributed by atoms with Crippen LogP contribution in [0.1, 0.15) is 37.7 Å². The van der Waals surface area contributed by atoms with Crippen LogP contribution in [0.25, 0.3) is 5.69 Å². The Morgan fingerprint density at radius 3 is 2.69 bits per heavy atom. The van der Waals surface area contributed by atoms with E-state index in [0.29, 0.717) is 0 Å². The molecule has 3 rings (SSSR count). The minimum atomic E-state index is 0.0607. The third kappa shape index (κ3) is 4.32. The molecule has 6 heteroatoms. The van der Waals surface area contributed by atoms with Crippen molar-refractivity contribution in [1.82, 2.24) is 24.9 Å². The van der Waals surface area contributed by atoms with E-state index in [2.05, 4.69) is 60.3 Å². The van der Waals surface area contributed by atoms with Crippen LogP contribution in [0.5, 0.6) is 5.75 Å². The summed E-state index contributed by atoms with van der Waals surface area (Å²) in [4.78, 5) is 2.24. The fourth-order valence-electron chi connectivity index (χ4n) is 2.82. The van der Waals surface area contributed by atoms with Crippen molar-refractivity contribution in [2.24, 2.45) is 0 Å². The number of hydrogen-bond acceptors (Lipinski definition) is 4. The van der Waals surface area contributed by atoms with E-state index in [1.54, 1.807) is 7.11 Å². The zero-order chi connectivity index (χ0) is 18.7. The monoisotopic (exact) mass is 353 g/mol. The number of methoxy groups -OCH3 is 1. The number of nitrogens with zero attached hydrogens (tertiary/aromatic N) is 4. The SMILES string of the molecule is COc1cccc(-n2cc(CN(C)Cc3cc(C(C)(C)C)n[nH]3)cn2)c1. The molecule has 138 valence electrons. The van der Waals surface area contributed by atoms with Gasteiger partial charge in [0.25, 0.3) is 0 Å². The first kappa shape index (κ1) is 18.2. The van der Waals surface area contributed by atoms with Gasteiger partial charge in [-0.1, -0.05) is 26.8 Å². The molecule has 0 radical (unpaired) electrons. The number of rotatable bonds is 6. The predicted molar refractivity (Wildman–Crippen MR) is 103 cm³/mol. The Morgan fingerprint density at radius 2 is 2.00 bits per heavy atom. The summed E-state index contributed by atoms with van der Waals surface area (Å²) >= 11 is 0. The Hall–Kier alpha value is -2.60. The first-order chi connectivity index (χ1) is 12.3. The Kier molecular flexibility index (Phi) is 5.13. The van der Waals surface area contributed by atoms with Crippen LogP contribution in [0.3, 0.4) is 0 Å². The fourth-order valence-corrected chi connectivity index (χ4v) is 2.82. The van der Waals surface area contributed by atoms with E-state index >= 15 is 0 Å². The first-order valence-corrected chi connectivity index (χ1v) is 8.76. The Bertz CT molecular complexity index is 859. The van der Waals surface area contributed by atoms with Crippen molar-refractivity contribution >= 4 is 0 Å². The molecule has 1 N–H and O–H groups in total. The van der Waals surface area contributed by atoms with Gasteiger partial charge in [-0.25, -0.2) is 4.68 Å². The van der Waals surface area contributed by atoms with Crippen LogP contribution in [-0.2, 0) is 18.5 Å².